The summed E-state index contributed by atoms with van der Waals surface area (Å²) in [6.45, 7) is 7.19. The molecule has 16 heavy (non-hydrogen) atoms. The fourth-order valence-corrected chi connectivity index (χ4v) is 1.73. The van der Waals surface area contributed by atoms with Gasteiger partial charge < -0.3 is 10.4 Å². The van der Waals surface area contributed by atoms with E-state index < -0.39 is 0 Å². The van der Waals surface area contributed by atoms with Crippen LogP contribution in [0, 0.1) is 5.41 Å². The van der Waals surface area contributed by atoms with Crippen molar-refractivity contribution in [1.29, 1.82) is 0 Å². The van der Waals surface area contributed by atoms with Gasteiger partial charge in [0.15, 0.2) is 0 Å². The topological polar surface area (TPSA) is 32.3 Å². The predicted molar refractivity (Wildman–Crippen MR) is 68.3 cm³/mol. The van der Waals surface area contributed by atoms with Crippen LogP contribution in [0.4, 0.5) is 5.69 Å². The van der Waals surface area contributed by atoms with Crippen LogP contribution in [0.3, 0.4) is 0 Å². The molecule has 2 N–H and O–H groups in total. The summed E-state index contributed by atoms with van der Waals surface area (Å²) in [5, 5.41) is 12.6. The van der Waals surface area contributed by atoms with Gasteiger partial charge in [-0.3, -0.25) is 0 Å². The van der Waals surface area contributed by atoms with Crippen LogP contribution >= 0.6 is 0 Å². The van der Waals surface area contributed by atoms with Gasteiger partial charge in [-0.15, -0.1) is 0 Å². The maximum Gasteiger partial charge on any atom is 0.0682 e. The van der Waals surface area contributed by atoms with E-state index in [2.05, 4.69) is 18.8 Å². The second-order valence-electron chi connectivity index (χ2n) is 4.95. The Labute approximate surface area is 97.0 Å². The number of hydrogen-bond acceptors (Lipinski definition) is 2. The average Bonchev–Trinajstić information content (AvgIpc) is 3.05. The van der Waals surface area contributed by atoms with Crippen LogP contribution in [0.5, 0.6) is 0 Å². The molecule has 1 aromatic rings. The van der Waals surface area contributed by atoms with Crippen molar-refractivity contribution in [2.75, 3.05) is 11.9 Å². The zero-order chi connectivity index (χ0) is 11.6. The normalized spacial score (nSPS) is 16.9. The fraction of sp³-hybridized carbons (Fsp3) is 0.429. The maximum atomic E-state index is 9.11. The summed E-state index contributed by atoms with van der Waals surface area (Å²) in [7, 11) is 0. The van der Waals surface area contributed by atoms with E-state index in [-0.39, 0.29) is 6.61 Å². The summed E-state index contributed by atoms with van der Waals surface area (Å²) in [5.74, 6) is 0. The molecule has 1 aromatic carbocycles. The highest BCUT2D eigenvalue weighted by atomic mass is 16.3. The molecule has 1 saturated carbocycles. The second kappa shape index (κ2) is 4.30. The van der Waals surface area contributed by atoms with E-state index in [1.165, 1.54) is 12.8 Å². The Morgan fingerprint density at radius 1 is 1.50 bits per heavy atom. The maximum absolute atomic E-state index is 9.11. The summed E-state index contributed by atoms with van der Waals surface area (Å²) in [4.78, 5) is 0. The molecule has 0 saturated heterocycles. The molecular weight excluding hydrogens is 198 g/mol. The third-order valence-corrected chi connectivity index (χ3v) is 3.33. The van der Waals surface area contributed by atoms with Crippen LogP contribution in [0.15, 0.2) is 24.8 Å². The van der Waals surface area contributed by atoms with Gasteiger partial charge in [-0.25, -0.2) is 0 Å². The minimum Gasteiger partial charge on any atom is -0.392 e. The van der Waals surface area contributed by atoms with Crippen LogP contribution < -0.4 is 5.32 Å². The molecule has 0 radical (unpaired) electrons. The number of benzene rings is 1. The lowest BCUT2D eigenvalue weighted by Gasteiger charge is -2.14. The van der Waals surface area contributed by atoms with Gasteiger partial charge in [0, 0.05) is 12.2 Å². The fourth-order valence-electron chi connectivity index (χ4n) is 1.73. The van der Waals surface area contributed by atoms with E-state index >= 15 is 0 Å². The highest BCUT2D eigenvalue weighted by Crippen LogP contribution is 2.44. The van der Waals surface area contributed by atoms with Gasteiger partial charge in [0.25, 0.3) is 0 Å². The smallest absolute Gasteiger partial charge is 0.0682 e. The van der Waals surface area contributed by atoms with Crippen molar-refractivity contribution < 1.29 is 5.11 Å². The molecule has 2 nitrogen and oxygen atoms in total. The first kappa shape index (κ1) is 11.2. The highest BCUT2D eigenvalue weighted by Gasteiger charge is 2.36. The molecule has 1 aliphatic carbocycles. The Hall–Kier alpha value is -1.28. The van der Waals surface area contributed by atoms with Crippen molar-refractivity contribution in [2.45, 2.75) is 26.4 Å². The number of anilines is 1. The number of nitrogens with one attached hydrogen (secondary N) is 1. The first-order chi connectivity index (χ1) is 7.67. The molecule has 1 aliphatic rings. The largest absolute Gasteiger partial charge is 0.392 e. The average molecular weight is 217 g/mol. The van der Waals surface area contributed by atoms with Gasteiger partial charge in [0.2, 0.25) is 0 Å². The van der Waals surface area contributed by atoms with Crippen molar-refractivity contribution in [3.63, 3.8) is 0 Å². The Kier molecular flexibility index (Phi) is 3.01. The van der Waals surface area contributed by atoms with Crippen LogP contribution in [0.2, 0.25) is 0 Å². The number of aliphatic hydroxyl groups is 1. The van der Waals surface area contributed by atoms with E-state index in [0.29, 0.717) is 5.41 Å². The summed E-state index contributed by atoms with van der Waals surface area (Å²) < 4.78 is 0. The zero-order valence-corrected chi connectivity index (χ0v) is 9.79. The first-order valence-corrected chi connectivity index (χ1v) is 5.77. The van der Waals surface area contributed by atoms with Gasteiger partial charge >= 0.3 is 0 Å². The summed E-state index contributed by atoms with van der Waals surface area (Å²) in [5.41, 5.74) is 3.60. The monoisotopic (exact) mass is 217 g/mol. The molecule has 0 aromatic heterocycles. The van der Waals surface area contributed by atoms with E-state index in [9.17, 15) is 0 Å². The predicted octanol–water partition coefficient (Wildman–Crippen LogP) is 3.03. The zero-order valence-electron chi connectivity index (χ0n) is 9.79. The van der Waals surface area contributed by atoms with Crippen molar-refractivity contribution >= 4 is 11.8 Å². The van der Waals surface area contributed by atoms with Gasteiger partial charge in [0.05, 0.1) is 6.61 Å². The third-order valence-electron chi connectivity index (χ3n) is 3.33. The lowest BCUT2D eigenvalue weighted by atomic mass is 10.1. The SMILES string of the molecule is C=Cc1ccc(CO)cc1NCC1(C)CC1. The van der Waals surface area contributed by atoms with E-state index in [1.807, 2.05) is 24.3 Å². The van der Waals surface area contributed by atoms with E-state index in [0.717, 1.165) is 23.4 Å². The first-order valence-electron chi connectivity index (χ1n) is 5.77. The molecule has 2 rings (SSSR count). The summed E-state index contributed by atoms with van der Waals surface area (Å²) in [6, 6.07) is 5.93. The molecule has 0 aliphatic heterocycles. The van der Waals surface area contributed by atoms with Gasteiger partial charge in [-0.1, -0.05) is 31.7 Å². The molecule has 1 fully saturated rings. The summed E-state index contributed by atoms with van der Waals surface area (Å²) in [6.07, 6.45) is 4.46. The molecular formula is C14H19NO. The molecule has 0 heterocycles. The van der Waals surface area contributed by atoms with Crippen molar-refractivity contribution in [3.8, 4) is 0 Å². The number of aliphatic hydroxyl groups excluding tert-OH is 1. The number of rotatable bonds is 5. The molecule has 0 unspecified atom stereocenters. The Morgan fingerprint density at radius 2 is 2.25 bits per heavy atom. The van der Waals surface area contributed by atoms with Crippen LogP contribution in [0.1, 0.15) is 30.9 Å². The Balaban J connectivity index is 2.12. The second-order valence-corrected chi connectivity index (χ2v) is 4.95. The molecule has 0 bridgehead atoms. The standard InChI is InChI=1S/C14H19NO/c1-3-12-5-4-11(9-16)8-13(12)15-10-14(2)6-7-14/h3-5,8,15-16H,1,6-7,9-10H2,2H3. The molecule has 86 valence electrons. The van der Waals surface area contributed by atoms with Crippen molar-refractivity contribution in [2.24, 2.45) is 5.41 Å². The molecule has 0 spiro atoms. The summed E-state index contributed by atoms with van der Waals surface area (Å²) >= 11 is 0. The molecule has 2 heteroatoms. The quantitative estimate of drug-likeness (QED) is 0.794. The van der Waals surface area contributed by atoms with Gasteiger partial charge in [-0.05, 0) is 35.4 Å². The lowest BCUT2D eigenvalue weighted by Crippen LogP contribution is -2.12. The van der Waals surface area contributed by atoms with Crippen molar-refractivity contribution in [1.82, 2.24) is 0 Å². The highest BCUT2D eigenvalue weighted by molar-refractivity contribution is 5.66. The van der Waals surface area contributed by atoms with E-state index in [4.69, 9.17) is 5.11 Å². The molecule has 0 atom stereocenters. The van der Waals surface area contributed by atoms with Crippen LogP contribution in [-0.2, 0) is 6.61 Å². The minimum atomic E-state index is 0.0867. The van der Waals surface area contributed by atoms with Crippen molar-refractivity contribution in [3.05, 3.63) is 35.9 Å². The van der Waals surface area contributed by atoms with Gasteiger partial charge in [-0.2, -0.15) is 0 Å². The Bertz CT molecular complexity index is 394. The Morgan fingerprint density at radius 3 is 2.81 bits per heavy atom. The van der Waals surface area contributed by atoms with Crippen LogP contribution in [0.25, 0.3) is 6.08 Å². The third kappa shape index (κ3) is 2.45. The lowest BCUT2D eigenvalue weighted by molar-refractivity contribution is 0.282. The van der Waals surface area contributed by atoms with Gasteiger partial charge in [0.1, 0.15) is 0 Å². The minimum absolute atomic E-state index is 0.0867. The van der Waals surface area contributed by atoms with Crippen LogP contribution in [-0.4, -0.2) is 11.7 Å². The van der Waals surface area contributed by atoms with E-state index in [1.54, 1.807) is 0 Å². The number of hydrogen-bond donors (Lipinski definition) is 2. The molecule has 0 amide bonds.